The van der Waals surface area contributed by atoms with Gasteiger partial charge in [0.2, 0.25) is 0 Å². The number of benzene rings is 1. The van der Waals surface area contributed by atoms with Gasteiger partial charge >= 0.3 is 0 Å². The SMILES string of the molecule is CCNc1cccc(S(=O)[O-])c1. The van der Waals surface area contributed by atoms with Crippen molar-refractivity contribution in [2.45, 2.75) is 11.8 Å². The molecule has 0 bridgehead atoms. The Kier molecular flexibility index (Phi) is 3.25. The molecule has 12 heavy (non-hydrogen) atoms. The lowest BCUT2D eigenvalue weighted by molar-refractivity contribution is 0.537. The van der Waals surface area contributed by atoms with E-state index in [0.29, 0.717) is 4.90 Å². The highest BCUT2D eigenvalue weighted by molar-refractivity contribution is 7.79. The molecule has 1 atom stereocenters. The molecule has 1 unspecified atom stereocenters. The molecular weight excluding hydrogens is 174 g/mol. The van der Waals surface area contributed by atoms with Gasteiger partial charge in [-0.25, -0.2) is 0 Å². The molecule has 0 saturated heterocycles. The first-order valence-electron chi connectivity index (χ1n) is 3.67. The second-order valence-electron chi connectivity index (χ2n) is 2.29. The van der Waals surface area contributed by atoms with Crippen LogP contribution in [0.1, 0.15) is 6.92 Å². The van der Waals surface area contributed by atoms with Crippen molar-refractivity contribution in [3.63, 3.8) is 0 Å². The molecule has 3 nitrogen and oxygen atoms in total. The lowest BCUT2D eigenvalue weighted by Crippen LogP contribution is -1.97. The van der Waals surface area contributed by atoms with Gasteiger partial charge in [0.1, 0.15) is 0 Å². The summed E-state index contributed by atoms with van der Waals surface area (Å²) in [6, 6.07) is 6.71. The van der Waals surface area contributed by atoms with E-state index in [9.17, 15) is 8.76 Å². The Morgan fingerprint density at radius 1 is 1.58 bits per heavy atom. The predicted octanol–water partition coefficient (Wildman–Crippen LogP) is 1.36. The minimum Gasteiger partial charge on any atom is -0.768 e. The first-order valence-corrected chi connectivity index (χ1v) is 4.74. The van der Waals surface area contributed by atoms with Crippen LogP contribution in [0.4, 0.5) is 5.69 Å². The zero-order valence-corrected chi connectivity index (χ0v) is 7.56. The summed E-state index contributed by atoms with van der Waals surface area (Å²) in [5.41, 5.74) is 0.833. The summed E-state index contributed by atoms with van der Waals surface area (Å²) >= 11 is -2.13. The molecule has 0 aromatic heterocycles. The van der Waals surface area contributed by atoms with Crippen molar-refractivity contribution in [2.24, 2.45) is 0 Å². The molecule has 0 heterocycles. The average molecular weight is 184 g/mol. The van der Waals surface area contributed by atoms with Crippen LogP contribution in [0.25, 0.3) is 0 Å². The van der Waals surface area contributed by atoms with Gasteiger partial charge in [0.25, 0.3) is 0 Å². The van der Waals surface area contributed by atoms with E-state index >= 15 is 0 Å². The van der Waals surface area contributed by atoms with Crippen molar-refractivity contribution >= 4 is 16.8 Å². The van der Waals surface area contributed by atoms with Gasteiger partial charge in [-0.3, -0.25) is 4.21 Å². The monoisotopic (exact) mass is 184 g/mol. The fourth-order valence-electron chi connectivity index (χ4n) is 0.914. The van der Waals surface area contributed by atoms with Gasteiger partial charge < -0.3 is 9.87 Å². The minimum absolute atomic E-state index is 0.313. The Bertz CT molecular complexity index is 288. The molecular formula is C8H10NO2S-. The largest absolute Gasteiger partial charge is 0.768 e. The van der Waals surface area contributed by atoms with Crippen LogP contribution in [0.3, 0.4) is 0 Å². The maximum atomic E-state index is 10.5. The van der Waals surface area contributed by atoms with E-state index in [0.717, 1.165) is 12.2 Å². The molecule has 0 aliphatic carbocycles. The van der Waals surface area contributed by atoms with Crippen LogP contribution in [0.5, 0.6) is 0 Å². The smallest absolute Gasteiger partial charge is 0.0351 e. The maximum Gasteiger partial charge on any atom is 0.0351 e. The van der Waals surface area contributed by atoms with Crippen LogP contribution in [0.15, 0.2) is 29.2 Å². The third-order valence-corrected chi connectivity index (χ3v) is 2.05. The second-order valence-corrected chi connectivity index (χ2v) is 3.23. The summed E-state index contributed by atoms with van der Waals surface area (Å²) in [4.78, 5) is 0.313. The van der Waals surface area contributed by atoms with Gasteiger partial charge in [0.05, 0.1) is 0 Å². The number of hydrogen-bond acceptors (Lipinski definition) is 3. The van der Waals surface area contributed by atoms with Gasteiger partial charge in [0, 0.05) is 17.1 Å². The highest BCUT2D eigenvalue weighted by Gasteiger charge is 1.93. The fourth-order valence-corrected chi connectivity index (χ4v) is 1.33. The molecule has 0 fully saturated rings. The number of hydrogen-bond donors (Lipinski definition) is 1. The molecule has 0 amide bonds. The molecule has 0 saturated carbocycles. The number of anilines is 1. The van der Waals surface area contributed by atoms with E-state index in [1.165, 1.54) is 0 Å². The van der Waals surface area contributed by atoms with Crippen molar-refractivity contribution in [2.75, 3.05) is 11.9 Å². The molecule has 1 aromatic carbocycles. The average Bonchev–Trinajstić information content (AvgIpc) is 2.05. The molecule has 1 rings (SSSR count). The number of nitrogens with one attached hydrogen (secondary N) is 1. The molecule has 1 N–H and O–H groups in total. The van der Waals surface area contributed by atoms with Crippen LogP contribution >= 0.6 is 0 Å². The van der Waals surface area contributed by atoms with Crippen LogP contribution in [0.2, 0.25) is 0 Å². The molecule has 0 radical (unpaired) electrons. The Morgan fingerprint density at radius 2 is 2.33 bits per heavy atom. The zero-order valence-electron chi connectivity index (χ0n) is 6.74. The van der Waals surface area contributed by atoms with Crippen molar-refractivity contribution in [1.82, 2.24) is 0 Å². The molecule has 0 aliphatic heterocycles. The van der Waals surface area contributed by atoms with Crippen molar-refractivity contribution in [3.05, 3.63) is 24.3 Å². The fraction of sp³-hybridized carbons (Fsp3) is 0.250. The third kappa shape index (κ3) is 2.32. The highest BCUT2D eigenvalue weighted by Crippen LogP contribution is 2.12. The standard InChI is InChI=1S/C8H11NO2S/c1-2-9-7-4-3-5-8(6-7)12(10)11/h3-6,9H,2H2,1H3,(H,10,11)/p-1. The highest BCUT2D eigenvalue weighted by atomic mass is 32.2. The summed E-state index contributed by atoms with van der Waals surface area (Å²) in [6.45, 7) is 2.75. The van der Waals surface area contributed by atoms with Crippen LogP contribution in [-0.2, 0) is 11.1 Å². The van der Waals surface area contributed by atoms with Gasteiger partial charge in [0.15, 0.2) is 0 Å². The van der Waals surface area contributed by atoms with Gasteiger partial charge in [-0.15, -0.1) is 0 Å². The van der Waals surface area contributed by atoms with E-state index in [1.807, 2.05) is 13.0 Å². The van der Waals surface area contributed by atoms with E-state index < -0.39 is 11.1 Å². The quantitative estimate of drug-likeness (QED) is 0.721. The molecule has 0 aliphatic rings. The Labute approximate surface area is 74.1 Å². The molecule has 66 valence electrons. The van der Waals surface area contributed by atoms with Crippen LogP contribution in [-0.4, -0.2) is 15.3 Å². The summed E-state index contributed by atoms with van der Waals surface area (Å²) < 4.78 is 21.1. The van der Waals surface area contributed by atoms with E-state index in [-0.39, 0.29) is 0 Å². The minimum atomic E-state index is -2.13. The van der Waals surface area contributed by atoms with Crippen molar-refractivity contribution in [1.29, 1.82) is 0 Å². The predicted molar refractivity (Wildman–Crippen MR) is 47.8 cm³/mol. The maximum absolute atomic E-state index is 10.5. The summed E-state index contributed by atoms with van der Waals surface area (Å²) in [7, 11) is 0. The Balaban J connectivity index is 2.88. The van der Waals surface area contributed by atoms with Crippen LogP contribution in [0, 0.1) is 0 Å². The lowest BCUT2D eigenvalue weighted by Gasteiger charge is -2.07. The Morgan fingerprint density at radius 3 is 2.92 bits per heavy atom. The Hall–Kier alpha value is -0.870. The molecule has 1 aromatic rings. The van der Waals surface area contributed by atoms with Crippen molar-refractivity contribution in [3.8, 4) is 0 Å². The van der Waals surface area contributed by atoms with E-state index in [1.54, 1.807) is 18.2 Å². The first kappa shape index (κ1) is 9.22. The van der Waals surface area contributed by atoms with Gasteiger partial charge in [-0.1, -0.05) is 6.07 Å². The second kappa shape index (κ2) is 4.23. The van der Waals surface area contributed by atoms with E-state index in [2.05, 4.69) is 5.32 Å². The summed E-state index contributed by atoms with van der Waals surface area (Å²) in [5.74, 6) is 0. The van der Waals surface area contributed by atoms with Crippen molar-refractivity contribution < 1.29 is 8.76 Å². The van der Waals surface area contributed by atoms with E-state index in [4.69, 9.17) is 0 Å². The number of rotatable bonds is 3. The molecule has 4 heteroatoms. The molecule has 0 spiro atoms. The van der Waals surface area contributed by atoms with Gasteiger partial charge in [-0.05, 0) is 36.2 Å². The lowest BCUT2D eigenvalue weighted by atomic mass is 10.3. The normalized spacial score (nSPS) is 12.5. The van der Waals surface area contributed by atoms with Crippen LogP contribution < -0.4 is 5.32 Å². The van der Waals surface area contributed by atoms with Gasteiger partial charge in [-0.2, -0.15) is 0 Å². The summed E-state index contributed by atoms with van der Waals surface area (Å²) in [5, 5.41) is 3.03. The topological polar surface area (TPSA) is 52.2 Å². The zero-order chi connectivity index (χ0) is 8.97. The summed E-state index contributed by atoms with van der Waals surface area (Å²) in [6.07, 6.45) is 0. The first-order chi connectivity index (χ1) is 5.74. The third-order valence-electron chi connectivity index (χ3n) is 1.41.